The predicted molar refractivity (Wildman–Crippen MR) is 88.7 cm³/mol. The monoisotopic (exact) mass is 310 g/mol. The van der Waals surface area contributed by atoms with Crippen LogP contribution in [0.1, 0.15) is 57.3 Å². The van der Waals surface area contributed by atoms with E-state index in [1.807, 2.05) is 13.8 Å². The molecule has 2 rings (SSSR count). The molecule has 1 aliphatic carbocycles. The minimum absolute atomic E-state index is 0.0817. The van der Waals surface area contributed by atoms with Gasteiger partial charge in [0.1, 0.15) is 10.6 Å². The molecule has 1 aliphatic rings. The Morgan fingerprint density at radius 3 is 2.76 bits per heavy atom. The largest absolute Gasteiger partial charge is 0.382 e. The maximum Gasteiger partial charge on any atom is 0.258 e. The van der Waals surface area contributed by atoms with Crippen LogP contribution in [0.25, 0.3) is 0 Å². The van der Waals surface area contributed by atoms with Gasteiger partial charge in [-0.2, -0.15) is 4.37 Å². The fraction of sp³-hybridized carbons (Fsp3) is 0.733. The molecule has 1 heterocycles. The first kappa shape index (κ1) is 16.1. The molecule has 0 saturated heterocycles. The molecule has 1 amide bonds. The lowest BCUT2D eigenvalue weighted by atomic mass is 9.78. The Labute approximate surface area is 130 Å². The van der Waals surface area contributed by atoms with E-state index in [0.29, 0.717) is 29.3 Å². The van der Waals surface area contributed by atoms with Crippen molar-refractivity contribution in [3.05, 3.63) is 5.56 Å². The van der Waals surface area contributed by atoms with Crippen molar-refractivity contribution in [1.29, 1.82) is 0 Å². The van der Waals surface area contributed by atoms with Crippen LogP contribution < -0.4 is 16.4 Å². The molecule has 118 valence electrons. The number of nitrogens with one attached hydrogen (secondary N) is 2. The molecule has 1 fully saturated rings. The van der Waals surface area contributed by atoms with E-state index in [1.54, 1.807) is 0 Å². The average molecular weight is 310 g/mol. The van der Waals surface area contributed by atoms with Gasteiger partial charge in [0.15, 0.2) is 5.82 Å². The highest BCUT2D eigenvalue weighted by Crippen LogP contribution is 2.34. The summed E-state index contributed by atoms with van der Waals surface area (Å²) in [5.74, 6) is 1.46. The van der Waals surface area contributed by atoms with Crippen molar-refractivity contribution in [3.8, 4) is 0 Å². The first-order valence-corrected chi connectivity index (χ1v) is 8.50. The summed E-state index contributed by atoms with van der Waals surface area (Å²) >= 11 is 1.28. The van der Waals surface area contributed by atoms with E-state index in [9.17, 15) is 4.79 Å². The molecule has 3 unspecified atom stereocenters. The van der Waals surface area contributed by atoms with Crippen LogP contribution in [0.3, 0.4) is 0 Å². The van der Waals surface area contributed by atoms with E-state index in [4.69, 9.17) is 5.73 Å². The maximum absolute atomic E-state index is 12.3. The summed E-state index contributed by atoms with van der Waals surface area (Å²) in [7, 11) is 0. The van der Waals surface area contributed by atoms with E-state index in [2.05, 4.69) is 28.9 Å². The van der Waals surface area contributed by atoms with E-state index in [-0.39, 0.29) is 11.9 Å². The number of hydrogen-bond donors (Lipinski definition) is 3. The third kappa shape index (κ3) is 3.67. The summed E-state index contributed by atoms with van der Waals surface area (Å²) < 4.78 is 4.15. The Hall–Kier alpha value is -1.30. The minimum atomic E-state index is -0.143. The Kier molecular flexibility index (Phi) is 5.08. The van der Waals surface area contributed by atoms with Crippen LogP contribution in [0.4, 0.5) is 10.8 Å². The summed E-state index contributed by atoms with van der Waals surface area (Å²) in [5.41, 5.74) is 6.38. The second-order valence-corrected chi connectivity index (χ2v) is 7.19. The Balaban J connectivity index is 2.15. The number of nitrogens with two attached hydrogens (primary N) is 1. The standard InChI is InChI=1S/C15H26N4OS/c1-8(2)17-14(20)12-13(16)19-21-15(12)18-11-7-5-6-9(3)10(11)4/h8-11,18H,5-7H2,1-4H3,(H2,16,19)(H,17,20). The molecular weight excluding hydrogens is 284 g/mol. The fourth-order valence-corrected chi connectivity index (χ4v) is 3.68. The lowest BCUT2D eigenvalue weighted by molar-refractivity contribution is 0.0945. The van der Waals surface area contributed by atoms with Gasteiger partial charge in [0.25, 0.3) is 5.91 Å². The lowest BCUT2D eigenvalue weighted by Crippen LogP contribution is -2.36. The predicted octanol–water partition coefficient (Wildman–Crippen LogP) is 3.10. The van der Waals surface area contributed by atoms with Gasteiger partial charge >= 0.3 is 0 Å². The van der Waals surface area contributed by atoms with Crippen molar-refractivity contribution < 1.29 is 4.79 Å². The third-order valence-corrected chi connectivity index (χ3v) is 5.18. The molecule has 1 saturated carbocycles. The number of carbonyl (C=O) groups excluding carboxylic acids is 1. The first-order valence-electron chi connectivity index (χ1n) is 7.72. The molecule has 0 radical (unpaired) electrons. The van der Waals surface area contributed by atoms with Crippen LogP contribution in [0.2, 0.25) is 0 Å². The van der Waals surface area contributed by atoms with Gasteiger partial charge in [0.05, 0.1) is 0 Å². The quantitative estimate of drug-likeness (QED) is 0.798. The molecule has 4 N–H and O–H groups in total. The maximum atomic E-state index is 12.3. The minimum Gasteiger partial charge on any atom is -0.382 e. The number of anilines is 2. The zero-order chi connectivity index (χ0) is 15.6. The van der Waals surface area contributed by atoms with Gasteiger partial charge in [-0.15, -0.1) is 0 Å². The number of nitrogens with zero attached hydrogens (tertiary/aromatic N) is 1. The highest BCUT2D eigenvalue weighted by molar-refractivity contribution is 7.11. The first-order chi connectivity index (χ1) is 9.90. The molecule has 0 bridgehead atoms. The van der Waals surface area contributed by atoms with Crippen molar-refractivity contribution >= 4 is 28.3 Å². The number of nitrogen functional groups attached to an aromatic ring is 1. The summed E-state index contributed by atoms with van der Waals surface area (Å²) in [5, 5.41) is 7.21. The summed E-state index contributed by atoms with van der Waals surface area (Å²) in [4.78, 5) is 12.3. The van der Waals surface area contributed by atoms with Crippen LogP contribution >= 0.6 is 11.5 Å². The van der Waals surface area contributed by atoms with Crippen LogP contribution in [-0.2, 0) is 0 Å². The average Bonchev–Trinajstić information content (AvgIpc) is 2.75. The Morgan fingerprint density at radius 1 is 1.38 bits per heavy atom. The van der Waals surface area contributed by atoms with Gasteiger partial charge in [0.2, 0.25) is 0 Å². The Bertz CT molecular complexity index is 500. The van der Waals surface area contributed by atoms with Gasteiger partial charge in [0, 0.05) is 12.1 Å². The van der Waals surface area contributed by atoms with Crippen molar-refractivity contribution in [2.75, 3.05) is 11.1 Å². The topological polar surface area (TPSA) is 80.0 Å². The Morgan fingerprint density at radius 2 is 2.10 bits per heavy atom. The molecule has 3 atom stereocenters. The van der Waals surface area contributed by atoms with E-state index in [0.717, 1.165) is 11.4 Å². The number of rotatable bonds is 4. The molecular formula is C15H26N4OS. The summed E-state index contributed by atoms with van der Waals surface area (Å²) in [6, 6.07) is 0.470. The van der Waals surface area contributed by atoms with E-state index in [1.165, 1.54) is 24.4 Å². The van der Waals surface area contributed by atoms with E-state index < -0.39 is 0 Å². The lowest BCUT2D eigenvalue weighted by Gasteiger charge is -2.35. The van der Waals surface area contributed by atoms with Gasteiger partial charge in [-0.25, -0.2) is 0 Å². The molecule has 5 nitrogen and oxygen atoms in total. The smallest absolute Gasteiger partial charge is 0.258 e. The molecule has 1 aromatic heterocycles. The molecule has 0 aliphatic heterocycles. The van der Waals surface area contributed by atoms with Crippen molar-refractivity contribution in [1.82, 2.24) is 9.69 Å². The summed E-state index contributed by atoms with van der Waals surface area (Å²) in [6.07, 6.45) is 3.64. The number of amides is 1. The summed E-state index contributed by atoms with van der Waals surface area (Å²) in [6.45, 7) is 8.45. The third-order valence-electron chi connectivity index (χ3n) is 4.39. The van der Waals surface area contributed by atoms with Crippen molar-refractivity contribution in [3.63, 3.8) is 0 Å². The molecule has 0 spiro atoms. The molecule has 0 aromatic carbocycles. The molecule has 1 aromatic rings. The SMILES string of the molecule is CC(C)NC(=O)c1c(N)nsc1NC1CCCC(C)C1C. The van der Waals surface area contributed by atoms with Crippen LogP contribution in [0.5, 0.6) is 0 Å². The van der Waals surface area contributed by atoms with Gasteiger partial charge < -0.3 is 16.4 Å². The van der Waals surface area contributed by atoms with Crippen LogP contribution in [0.15, 0.2) is 0 Å². The van der Waals surface area contributed by atoms with Crippen molar-refractivity contribution in [2.24, 2.45) is 11.8 Å². The zero-order valence-electron chi connectivity index (χ0n) is 13.3. The normalized spacial score (nSPS) is 25.9. The van der Waals surface area contributed by atoms with Crippen molar-refractivity contribution in [2.45, 2.75) is 59.0 Å². The van der Waals surface area contributed by atoms with Gasteiger partial charge in [-0.1, -0.05) is 26.7 Å². The van der Waals surface area contributed by atoms with Gasteiger partial charge in [-0.05, 0) is 43.6 Å². The highest BCUT2D eigenvalue weighted by Gasteiger charge is 2.29. The second-order valence-electron chi connectivity index (χ2n) is 6.42. The second kappa shape index (κ2) is 6.64. The molecule has 21 heavy (non-hydrogen) atoms. The van der Waals surface area contributed by atoms with Gasteiger partial charge in [-0.3, -0.25) is 4.79 Å². The zero-order valence-corrected chi connectivity index (χ0v) is 14.1. The van der Waals surface area contributed by atoms with Crippen LogP contribution in [-0.4, -0.2) is 22.4 Å². The number of carbonyl (C=O) groups is 1. The molecule has 6 heteroatoms. The van der Waals surface area contributed by atoms with E-state index >= 15 is 0 Å². The highest BCUT2D eigenvalue weighted by atomic mass is 32.1. The van der Waals surface area contributed by atoms with Crippen LogP contribution in [0, 0.1) is 11.8 Å². The number of hydrogen-bond acceptors (Lipinski definition) is 5. The number of aromatic nitrogens is 1. The fourth-order valence-electron chi connectivity index (χ4n) is 2.91.